The van der Waals surface area contributed by atoms with E-state index in [1.165, 1.54) is 6.92 Å². The van der Waals surface area contributed by atoms with Crippen LogP contribution in [0.2, 0.25) is 0 Å². The number of ether oxygens (including phenoxy) is 10. The number of rotatable bonds is 22. The lowest BCUT2D eigenvalue weighted by Crippen LogP contribution is -2.69. The van der Waals surface area contributed by atoms with Crippen LogP contribution < -0.4 is 16.0 Å². The quantitative estimate of drug-likeness (QED) is 0.0479. The van der Waals surface area contributed by atoms with Gasteiger partial charge in [-0.2, -0.15) is 0 Å². The zero-order chi connectivity index (χ0) is 55.9. The maximum absolute atomic E-state index is 12.6. The van der Waals surface area contributed by atoms with Gasteiger partial charge in [-0.3, -0.25) is 14.4 Å². The fourth-order valence-corrected chi connectivity index (χ4v) is 9.15. The normalized spacial score (nSPS) is 44.2. The number of nitrogens with one attached hydrogen (secondary N) is 3. The van der Waals surface area contributed by atoms with E-state index >= 15 is 0 Å². The molecule has 29 atom stereocenters. The molecule has 0 radical (unpaired) electrons. The number of carbonyl (C=O) groups excluding carboxylic acids is 3. The second kappa shape index (κ2) is 28.0. The first-order valence-corrected chi connectivity index (χ1v) is 23.9. The van der Waals surface area contributed by atoms with Crippen LogP contribution in [0.4, 0.5) is 0 Å². The van der Waals surface area contributed by atoms with Crippen LogP contribution in [0.3, 0.4) is 0 Å². The third kappa shape index (κ3) is 14.8. The maximum atomic E-state index is 12.6. The minimum Gasteiger partial charge on any atom is -0.394 e. The Hall–Kier alpha value is -2.67. The molecule has 33 heteroatoms. The van der Waals surface area contributed by atoms with Crippen LogP contribution in [-0.4, -0.2) is 322 Å². The maximum Gasteiger partial charge on any atom is 0.217 e. The Morgan fingerprint density at radius 3 is 1.47 bits per heavy atom. The highest BCUT2D eigenvalue weighted by Gasteiger charge is 2.57. The summed E-state index contributed by atoms with van der Waals surface area (Å²) in [6.45, 7) is -1.59. The molecule has 5 aliphatic heterocycles. The molecule has 5 rings (SSSR count). The Bertz CT molecular complexity index is 1800. The topological polar surface area (TPSA) is 524 Å². The highest BCUT2D eigenvalue weighted by Crippen LogP contribution is 2.36. The van der Waals surface area contributed by atoms with Gasteiger partial charge in [0.25, 0.3) is 0 Å². The predicted octanol–water partition coefficient (Wildman–Crippen LogP) is -13.0. The van der Waals surface area contributed by atoms with Gasteiger partial charge in [0.15, 0.2) is 31.5 Å². The molecule has 0 saturated carbocycles. The SMILES string of the molecule is CC(=O)N[C@H]1[C@H](OC[C@@H](O)[C@H](O)[C@H](O[C@@H]2O[C@H](CO)[C@@H](O)[C@H](O)[C@H]2NC(C)=O)[C@H](CO)NC(C)=O)O[C@H](CO)[C@@H](O[C@@H]2O[C@H](CO)[C@H](O)[C@H](O[C@H]3O[C@H](CO)[C@H](O)[C@H](O)[C@H]3O)[C@H]2O[C@@H]2O[C@@H](C)[C@@H](O)[C@@H](O)[C@@H]2O)[C@@H]1O. The molecule has 0 aromatic carbocycles. The molecule has 0 unspecified atom stereocenters. The summed E-state index contributed by atoms with van der Waals surface area (Å²) in [5.74, 6) is -2.41. The molecule has 5 aliphatic rings. The summed E-state index contributed by atoms with van der Waals surface area (Å²) >= 11 is 0. The molecule has 0 aromatic heterocycles. The van der Waals surface area contributed by atoms with Crippen LogP contribution in [0.25, 0.3) is 0 Å². The summed E-state index contributed by atoms with van der Waals surface area (Å²) in [5, 5.41) is 189. The molecule has 0 aliphatic carbocycles. The van der Waals surface area contributed by atoms with Crippen molar-refractivity contribution in [2.45, 2.75) is 205 Å². The first-order chi connectivity index (χ1) is 35.3. The third-order valence-electron chi connectivity index (χ3n) is 13.2. The van der Waals surface area contributed by atoms with Gasteiger partial charge in [0.2, 0.25) is 17.7 Å². The smallest absolute Gasteiger partial charge is 0.217 e. The van der Waals surface area contributed by atoms with Crippen molar-refractivity contribution >= 4 is 17.7 Å². The molecule has 5 heterocycles. The Kier molecular flexibility index (Phi) is 23.5. The Morgan fingerprint density at radius 2 is 0.933 bits per heavy atom. The van der Waals surface area contributed by atoms with Crippen LogP contribution in [-0.2, 0) is 61.8 Å². The molecule has 436 valence electrons. The second-order valence-electron chi connectivity index (χ2n) is 18.8. The molecule has 33 nitrogen and oxygen atoms in total. The zero-order valence-corrected chi connectivity index (χ0v) is 40.9. The van der Waals surface area contributed by atoms with Gasteiger partial charge in [-0.25, -0.2) is 0 Å². The summed E-state index contributed by atoms with van der Waals surface area (Å²) in [6, 6.07) is -4.98. The van der Waals surface area contributed by atoms with E-state index in [9.17, 15) is 101 Å². The number of hydrogen-bond donors (Lipinski definition) is 20. The summed E-state index contributed by atoms with van der Waals surface area (Å²) < 4.78 is 58.1. The molecule has 75 heavy (non-hydrogen) atoms. The molecular weight excluding hydrogens is 1030 g/mol. The van der Waals surface area contributed by atoms with Gasteiger partial charge < -0.3 is 150 Å². The molecule has 5 saturated heterocycles. The molecule has 5 fully saturated rings. The predicted molar refractivity (Wildman–Crippen MR) is 235 cm³/mol. The summed E-state index contributed by atoms with van der Waals surface area (Å²) in [7, 11) is 0. The number of aliphatic hydroxyl groups is 17. The van der Waals surface area contributed by atoms with Crippen molar-refractivity contribution in [1.82, 2.24) is 16.0 Å². The minimum absolute atomic E-state index is 0.766. The number of carbonyl (C=O) groups is 3. The zero-order valence-electron chi connectivity index (χ0n) is 40.9. The van der Waals surface area contributed by atoms with E-state index in [1.54, 1.807) is 0 Å². The standard InChI is InChI=1S/C42H73N3O30/c1-11-23(55)30(62)32(64)40(67-11)75-37-36(74-41-33(65)31(63)26(58)18(7-48)69-41)27(59)19(8-49)70-42(37)73-35-20(9-50)71-38(22(29(35)61)45-14(4)53)66-10-16(54)24(56)34(15(5-46)43-12(2)51)72-39-21(44-13(3)52)28(60)25(57)17(6-47)68-39/h11,15-42,46-50,54-65H,5-10H2,1-4H3,(H,43,51)(H,44,52)(H,45,53)/t11-,15-,16+,17+,18+,19+,20+,21+,22+,23+,24-,25+,26-,27-,28+,29+,30+,31-,32-,33+,34+,35+,36-,37+,38+,39-,40-,41+,42-/m0/s1. The van der Waals surface area contributed by atoms with E-state index in [4.69, 9.17) is 47.4 Å². The molecule has 20 N–H and O–H groups in total. The third-order valence-corrected chi connectivity index (χ3v) is 13.2. The van der Waals surface area contributed by atoms with E-state index in [2.05, 4.69) is 16.0 Å². The van der Waals surface area contributed by atoms with Gasteiger partial charge in [0.1, 0.15) is 134 Å². The molecular formula is C42H73N3O30. The lowest BCUT2D eigenvalue weighted by Gasteiger charge is -2.51. The van der Waals surface area contributed by atoms with Crippen LogP contribution in [0, 0.1) is 0 Å². The number of hydrogen-bond acceptors (Lipinski definition) is 30. The van der Waals surface area contributed by atoms with Gasteiger partial charge >= 0.3 is 0 Å². The molecule has 3 amide bonds. The fourth-order valence-electron chi connectivity index (χ4n) is 9.15. The van der Waals surface area contributed by atoms with Crippen molar-refractivity contribution in [2.75, 3.05) is 39.6 Å². The van der Waals surface area contributed by atoms with Crippen molar-refractivity contribution in [2.24, 2.45) is 0 Å². The van der Waals surface area contributed by atoms with Crippen molar-refractivity contribution < 1.29 is 149 Å². The number of amides is 3. The second-order valence-corrected chi connectivity index (χ2v) is 18.8. The lowest BCUT2D eigenvalue weighted by atomic mass is 9.94. The minimum atomic E-state index is -2.24. The highest BCUT2D eigenvalue weighted by molar-refractivity contribution is 5.74. The first-order valence-electron chi connectivity index (χ1n) is 23.9. The Morgan fingerprint density at radius 1 is 0.480 bits per heavy atom. The number of aliphatic hydroxyl groups excluding tert-OH is 17. The van der Waals surface area contributed by atoms with E-state index in [0.29, 0.717) is 0 Å². The van der Waals surface area contributed by atoms with Crippen molar-refractivity contribution in [3.05, 3.63) is 0 Å². The van der Waals surface area contributed by atoms with Crippen molar-refractivity contribution in [1.29, 1.82) is 0 Å². The average molecular weight is 1100 g/mol. The molecule has 0 spiro atoms. The summed E-state index contributed by atoms with van der Waals surface area (Å²) in [6.07, 6.45) is -49.3. The highest BCUT2D eigenvalue weighted by atomic mass is 16.8. The Labute approximate surface area is 426 Å². The van der Waals surface area contributed by atoms with Crippen molar-refractivity contribution in [3.8, 4) is 0 Å². The van der Waals surface area contributed by atoms with Gasteiger partial charge in [0, 0.05) is 20.8 Å². The van der Waals surface area contributed by atoms with E-state index in [-0.39, 0.29) is 0 Å². The van der Waals surface area contributed by atoms with Crippen molar-refractivity contribution in [3.63, 3.8) is 0 Å². The monoisotopic (exact) mass is 1100 g/mol. The van der Waals surface area contributed by atoms with E-state index in [1.807, 2.05) is 0 Å². The Balaban J connectivity index is 1.43. The first kappa shape index (κ1) is 63.2. The van der Waals surface area contributed by atoms with Crippen LogP contribution >= 0.6 is 0 Å². The molecule has 0 aromatic rings. The van der Waals surface area contributed by atoms with Crippen LogP contribution in [0.15, 0.2) is 0 Å². The van der Waals surface area contributed by atoms with Gasteiger partial charge in [0.05, 0.1) is 51.8 Å². The fraction of sp³-hybridized carbons (Fsp3) is 0.929. The average Bonchev–Trinajstić information content (AvgIpc) is 3.37. The van der Waals surface area contributed by atoms with Gasteiger partial charge in [-0.1, -0.05) is 0 Å². The lowest BCUT2D eigenvalue weighted by molar-refractivity contribution is -0.402. The summed E-state index contributed by atoms with van der Waals surface area (Å²) in [5.41, 5.74) is 0. The van der Waals surface area contributed by atoms with E-state index in [0.717, 1.165) is 20.8 Å². The van der Waals surface area contributed by atoms with E-state index < -0.39 is 235 Å². The largest absolute Gasteiger partial charge is 0.394 e. The molecule has 0 bridgehead atoms. The van der Waals surface area contributed by atoms with Crippen LogP contribution in [0.1, 0.15) is 27.7 Å². The van der Waals surface area contributed by atoms with Crippen LogP contribution in [0.5, 0.6) is 0 Å². The summed E-state index contributed by atoms with van der Waals surface area (Å²) in [4.78, 5) is 36.9. The van der Waals surface area contributed by atoms with Gasteiger partial charge in [-0.15, -0.1) is 0 Å². The van der Waals surface area contributed by atoms with Gasteiger partial charge in [-0.05, 0) is 6.92 Å².